The fourth-order valence-corrected chi connectivity index (χ4v) is 3.12. The van der Waals surface area contributed by atoms with Crippen molar-refractivity contribution in [3.63, 3.8) is 0 Å². The third-order valence-electron chi connectivity index (χ3n) is 3.10. The molecule has 1 amide bonds. The van der Waals surface area contributed by atoms with Gasteiger partial charge in [-0.05, 0) is 36.8 Å². The lowest BCUT2D eigenvalue weighted by Gasteiger charge is -2.23. The SMILES string of the molecule is Cc1ccsc1C(=O)N1CCCC1CC(=O)O. The minimum absolute atomic E-state index is 0.0127. The highest BCUT2D eigenvalue weighted by Crippen LogP contribution is 2.25. The number of amides is 1. The predicted molar refractivity (Wildman–Crippen MR) is 65.4 cm³/mol. The smallest absolute Gasteiger partial charge is 0.305 e. The zero-order chi connectivity index (χ0) is 12.4. The maximum absolute atomic E-state index is 12.3. The summed E-state index contributed by atoms with van der Waals surface area (Å²) < 4.78 is 0. The van der Waals surface area contributed by atoms with Crippen molar-refractivity contribution in [2.24, 2.45) is 0 Å². The third-order valence-corrected chi connectivity index (χ3v) is 4.11. The van der Waals surface area contributed by atoms with Gasteiger partial charge in [-0.3, -0.25) is 9.59 Å². The molecule has 1 N–H and O–H groups in total. The zero-order valence-corrected chi connectivity index (χ0v) is 10.5. The summed E-state index contributed by atoms with van der Waals surface area (Å²) in [6.45, 7) is 2.58. The molecule has 0 aromatic carbocycles. The molecule has 1 atom stereocenters. The second-order valence-corrected chi connectivity index (χ2v) is 5.24. The molecule has 0 bridgehead atoms. The molecule has 4 nitrogen and oxygen atoms in total. The van der Waals surface area contributed by atoms with E-state index in [2.05, 4.69) is 0 Å². The van der Waals surface area contributed by atoms with Gasteiger partial charge in [-0.1, -0.05) is 0 Å². The van der Waals surface area contributed by atoms with E-state index in [-0.39, 0.29) is 18.4 Å². The summed E-state index contributed by atoms with van der Waals surface area (Å²) in [6, 6.07) is 1.78. The topological polar surface area (TPSA) is 57.6 Å². The average Bonchev–Trinajstić information content (AvgIpc) is 2.85. The predicted octanol–water partition coefficient (Wildman–Crippen LogP) is 2.14. The van der Waals surface area contributed by atoms with Crippen molar-refractivity contribution >= 4 is 23.2 Å². The standard InChI is InChI=1S/C12H15NO3S/c1-8-4-6-17-11(8)12(16)13-5-2-3-9(13)7-10(14)15/h4,6,9H,2-3,5,7H2,1H3,(H,14,15). The molecule has 1 fully saturated rings. The van der Waals surface area contributed by atoms with Crippen molar-refractivity contribution in [2.75, 3.05) is 6.54 Å². The molecule has 1 aliphatic heterocycles. The molecule has 92 valence electrons. The van der Waals surface area contributed by atoms with Crippen LogP contribution in [0.5, 0.6) is 0 Å². The summed E-state index contributed by atoms with van der Waals surface area (Å²) in [5.41, 5.74) is 0.973. The lowest BCUT2D eigenvalue weighted by atomic mass is 10.1. The lowest BCUT2D eigenvalue weighted by molar-refractivity contribution is -0.137. The molecule has 1 aromatic heterocycles. The van der Waals surface area contributed by atoms with Crippen LogP contribution in [0.2, 0.25) is 0 Å². The monoisotopic (exact) mass is 253 g/mol. The highest BCUT2D eigenvalue weighted by molar-refractivity contribution is 7.12. The van der Waals surface area contributed by atoms with Gasteiger partial charge in [0.1, 0.15) is 0 Å². The number of carbonyl (C=O) groups is 2. The molecule has 5 heteroatoms. The molecule has 0 saturated carbocycles. The van der Waals surface area contributed by atoms with E-state index < -0.39 is 5.97 Å². The van der Waals surface area contributed by atoms with E-state index in [1.807, 2.05) is 18.4 Å². The van der Waals surface area contributed by atoms with E-state index in [0.717, 1.165) is 23.3 Å². The number of likely N-dealkylation sites (tertiary alicyclic amines) is 1. The fourth-order valence-electron chi connectivity index (χ4n) is 2.24. The van der Waals surface area contributed by atoms with E-state index >= 15 is 0 Å². The molecule has 1 aromatic rings. The Bertz CT molecular complexity index is 441. The number of aryl methyl sites for hydroxylation is 1. The van der Waals surface area contributed by atoms with E-state index in [9.17, 15) is 9.59 Å². The minimum Gasteiger partial charge on any atom is -0.481 e. The van der Waals surface area contributed by atoms with Gasteiger partial charge < -0.3 is 10.0 Å². The highest BCUT2D eigenvalue weighted by atomic mass is 32.1. The molecule has 1 unspecified atom stereocenters. The number of aliphatic carboxylic acids is 1. The molecule has 1 aliphatic rings. The second-order valence-electron chi connectivity index (χ2n) is 4.33. The Balaban J connectivity index is 2.14. The third kappa shape index (κ3) is 2.49. The van der Waals surface area contributed by atoms with Crippen LogP contribution in [0.1, 0.15) is 34.5 Å². The van der Waals surface area contributed by atoms with Gasteiger partial charge in [-0.2, -0.15) is 0 Å². The Hall–Kier alpha value is -1.36. The molecular weight excluding hydrogens is 238 g/mol. The molecule has 0 radical (unpaired) electrons. The second kappa shape index (κ2) is 4.87. The molecule has 17 heavy (non-hydrogen) atoms. The van der Waals surface area contributed by atoms with Gasteiger partial charge in [0.25, 0.3) is 5.91 Å². The van der Waals surface area contributed by atoms with Gasteiger partial charge >= 0.3 is 5.97 Å². The quantitative estimate of drug-likeness (QED) is 0.897. The first-order valence-electron chi connectivity index (χ1n) is 5.66. The summed E-state index contributed by atoms with van der Waals surface area (Å²) in [7, 11) is 0. The Morgan fingerprint density at radius 3 is 2.94 bits per heavy atom. The van der Waals surface area contributed by atoms with Crippen LogP contribution in [0.4, 0.5) is 0 Å². The Morgan fingerprint density at radius 2 is 2.35 bits per heavy atom. The number of rotatable bonds is 3. The van der Waals surface area contributed by atoms with Crippen molar-refractivity contribution < 1.29 is 14.7 Å². The molecule has 1 saturated heterocycles. The molecule has 2 rings (SSSR count). The molecule has 0 spiro atoms. The minimum atomic E-state index is -0.836. The molecule has 0 aliphatic carbocycles. The first kappa shape index (κ1) is 12.1. The van der Waals surface area contributed by atoms with Crippen LogP contribution in [0.15, 0.2) is 11.4 Å². The van der Waals surface area contributed by atoms with E-state index in [0.29, 0.717) is 6.54 Å². The Morgan fingerprint density at radius 1 is 1.59 bits per heavy atom. The lowest BCUT2D eigenvalue weighted by Crippen LogP contribution is -2.36. The summed E-state index contributed by atoms with van der Waals surface area (Å²) in [6.07, 6.45) is 1.74. The largest absolute Gasteiger partial charge is 0.481 e. The Labute approximate surface area is 104 Å². The van der Waals surface area contributed by atoms with E-state index in [1.54, 1.807) is 4.90 Å². The van der Waals surface area contributed by atoms with Gasteiger partial charge in [0.05, 0.1) is 11.3 Å². The van der Waals surface area contributed by atoms with Gasteiger partial charge in [-0.25, -0.2) is 0 Å². The first-order valence-corrected chi connectivity index (χ1v) is 6.54. The van der Waals surface area contributed by atoms with Crippen LogP contribution in [0, 0.1) is 6.92 Å². The fraction of sp³-hybridized carbons (Fsp3) is 0.500. The molecular formula is C12H15NO3S. The van der Waals surface area contributed by atoms with Gasteiger partial charge in [0.15, 0.2) is 0 Å². The maximum atomic E-state index is 12.3. The van der Waals surface area contributed by atoms with Crippen molar-refractivity contribution in [2.45, 2.75) is 32.2 Å². The van der Waals surface area contributed by atoms with E-state index in [1.165, 1.54) is 11.3 Å². The van der Waals surface area contributed by atoms with Gasteiger partial charge in [0, 0.05) is 12.6 Å². The summed E-state index contributed by atoms with van der Waals surface area (Å²) >= 11 is 1.43. The Kier molecular flexibility index (Phi) is 3.47. The van der Waals surface area contributed by atoms with Crippen LogP contribution >= 0.6 is 11.3 Å². The zero-order valence-electron chi connectivity index (χ0n) is 9.68. The molecule has 2 heterocycles. The number of nitrogens with zero attached hydrogens (tertiary/aromatic N) is 1. The van der Waals surface area contributed by atoms with Crippen LogP contribution in [-0.2, 0) is 4.79 Å². The number of hydrogen-bond donors (Lipinski definition) is 1. The maximum Gasteiger partial charge on any atom is 0.305 e. The number of carboxylic acids is 1. The average molecular weight is 253 g/mol. The number of hydrogen-bond acceptors (Lipinski definition) is 3. The van der Waals surface area contributed by atoms with Crippen molar-refractivity contribution in [3.05, 3.63) is 21.9 Å². The van der Waals surface area contributed by atoms with Crippen LogP contribution < -0.4 is 0 Å². The van der Waals surface area contributed by atoms with Crippen LogP contribution in [-0.4, -0.2) is 34.5 Å². The number of carboxylic acid groups (broad SMARTS) is 1. The van der Waals surface area contributed by atoms with Crippen molar-refractivity contribution in [3.8, 4) is 0 Å². The van der Waals surface area contributed by atoms with Crippen LogP contribution in [0.3, 0.4) is 0 Å². The van der Waals surface area contributed by atoms with Crippen molar-refractivity contribution in [1.82, 2.24) is 4.90 Å². The number of thiophene rings is 1. The highest BCUT2D eigenvalue weighted by Gasteiger charge is 2.31. The van der Waals surface area contributed by atoms with Gasteiger partial charge in [0.2, 0.25) is 0 Å². The number of carbonyl (C=O) groups excluding carboxylic acids is 1. The van der Waals surface area contributed by atoms with E-state index in [4.69, 9.17) is 5.11 Å². The summed E-state index contributed by atoms with van der Waals surface area (Å²) in [5, 5.41) is 10.7. The summed E-state index contributed by atoms with van der Waals surface area (Å²) in [5.74, 6) is -0.848. The van der Waals surface area contributed by atoms with Crippen LogP contribution in [0.25, 0.3) is 0 Å². The summed E-state index contributed by atoms with van der Waals surface area (Å²) in [4.78, 5) is 25.5. The van der Waals surface area contributed by atoms with Crippen molar-refractivity contribution in [1.29, 1.82) is 0 Å². The van der Waals surface area contributed by atoms with Gasteiger partial charge in [-0.15, -0.1) is 11.3 Å². The normalized spacial score (nSPS) is 19.6. The first-order chi connectivity index (χ1) is 8.09.